The van der Waals surface area contributed by atoms with Crippen molar-refractivity contribution >= 4 is 33.5 Å². The Kier molecular flexibility index (Phi) is 3.92. The van der Waals surface area contributed by atoms with E-state index in [0.717, 1.165) is 28.4 Å². The van der Waals surface area contributed by atoms with Crippen molar-refractivity contribution in [1.82, 2.24) is 20.0 Å². The summed E-state index contributed by atoms with van der Waals surface area (Å²) in [5, 5.41) is 26.4. The highest BCUT2D eigenvalue weighted by atomic mass is 16.3. The Labute approximate surface area is 148 Å². The Morgan fingerprint density at radius 3 is 2.96 bits per heavy atom. The molecule has 0 saturated heterocycles. The second kappa shape index (κ2) is 6.40. The second-order valence-electron chi connectivity index (χ2n) is 5.89. The summed E-state index contributed by atoms with van der Waals surface area (Å²) in [6.45, 7) is 1.97. The molecule has 0 radical (unpaired) electrons. The van der Waals surface area contributed by atoms with Crippen LogP contribution in [0.1, 0.15) is 12.5 Å². The van der Waals surface area contributed by atoms with Gasteiger partial charge in [0.1, 0.15) is 12.1 Å². The van der Waals surface area contributed by atoms with Gasteiger partial charge in [0.25, 0.3) is 5.91 Å². The fourth-order valence-corrected chi connectivity index (χ4v) is 2.83. The van der Waals surface area contributed by atoms with E-state index in [-0.39, 0.29) is 18.1 Å². The number of aromatic hydroxyl groups is 1. The quantitative estimate of drug-likeness (QED) is 0.550. The minimum absolute atomic E-state index is 0.0761. The van der Waals surface area contributed by atoms with Gasteiger partial charge in [0.2, 0.25) is 5.88 Å². The summed E-state index contributed by atoms with van der Waals surface area (Å²) in [7, 11) is 0. The third-order valence-electron chi connectivity index (χ3n) is 4.19. The first-order valence-corrected chi connectivity index (χ1v) is 8.22. The Hall–Kier alpha value is -3.55. The van der Waals surface area contributed by atoms with Crippen LogP contribution in [0.5, 0.6) is 5.88 Å². The number of aromatic amines is 1. The number of fused-ring (bicyclic) bond motifs is 2. The summed E-state index contributed by atoms with van der Waals surface area (Å²) >= 11 is 0. The minimum Gasteiger partial charge on any atom is -0.493 e. The van der Waals surface area contributed by atoms with Gasteiger partial charge in [-0.05, 0) is 36.2 Å². The molecule has 0 spiro atoms. The maximum Gasteiger partial charge on any atom is 0.286 e. The van der Waals surface area contributed by atoms with E-state index in [4.69, 9.17) is 0 Å². The van der Waals surface area contributed by atoms with E-state index in [9.17, 15) is 9.90 Å². The van der Waals surface area contributed by atoms with Crippen molar-refractivity contribution in [3.63, 3.8) is 0 Å². The predicted octanol–water partition coefficient (Wildman–Crippen LogP) is 3.49. The van der Waals surface area contributed by atoms with Gasteiger partial charge in [0.05, 0.1) is 11.0 Å². The summed E-state index contributed by atoms with van der Waals surface area (Å²) in [5.41, 5.74) is 3.56. The predicted molar refractivity (Wildman–Crippen MR) is 96.4 cm³/mol. The van der Waals surface area contributed by atoms with E-state index in [1.165, 1.54) is 4.68 Å². The molecule has 0 bridgehead atoms. The molecule has 4 rings (SSSR count). The standard InChI is InChI=1S/C18H16N6O2/c1-2-11-7-8-13-12(9-11)17(18(26)19-13)22-21-16(25)10-24-15-6-4-3-5-14(15)20-23-24/h3-9,19,26H,2,10H2,1H3. The molecule has 2 aromatic carbocycles. The number of para-hydroxylation sites is 1. The van der Waals surface area contributed by atoms with Gasteiger partial charge in [-0.1, -0.05) is 30.3 Å². The topological polar surface area (TPSA) is 109 Å². The average molecular weight is 348 g/mol. The van der Waals surface area contributed by atoms with Gasteiger partial charge >= 0.3 is 0 Å². The monoisotopic (exact) mass is 348 g/mol. The lowest BCUT2D eigenvalue weighted by molar-refractivity contribution is -0.119. The van der Waals surface area contributed by atoms with Gasteiger partial charge in [-0.2, -0.15) is 0 Å². The summed E-state index contributed by atoms with van der Waals surface area (Å²) in [4.78, 5) is 15.0. The summed E-state index contributed by atoms with van der Waals surface area (Å²) in [6.07, 6.45) is 0.858. The van der Waals surface area contributed by atoms with Crippen LogP contribution in [0.4, 0.5) is 5.69 Å². The highest BCUT2D eigenvalue weighted by molar-refractivity contribution is 5.95. The maximum absolute atomic E-state index is 12.2. The number of azo groups is 1. The summed E-state index contributed by atoms with van der Waals surface area (Å²) < 4.78 is 1.47. The fourth-order valence-electron chi connectivity index (χ4n) is 2.83. The number of rotatable bonds is 4. The van der Waals surface area contributed by atoms with E-state index >= 15 is 0 Å². The van der Waals surface area contributed by atoms with Crippen LogP contribution in [0.3, 0.4) is 0 Å². The lowest BCUT2D eigenvalue weighted by Crippen LogP contribution is -2.08. The molecule has 4 aromatic rings. The zero-order chi connectivity index (χ0) is 18.1. The first kappa shape index (κ1) is 15.9. The van der Waals surface area contributed by atoms with E-state index in [1.54, 1.807) is 0 Å². The van der Waals surface area contributed by atoms with Crippen LogP contribution >= 0.6 is 0 Å². The van der Waals surface area contributed by atoms with Gasteiger partial charge in [-0.3, -0.25) is 4.79 Å². The third kappa shape index (κ3) is 2.81. The molecule has 2 aromatic heterocycles. The van der Waals surface area contributed by atoms with E-state index < -0.39 is 5.91 Å². The van der Waals surface area contributed by atoms with Gasteiger partial charge in [-0.25, -0.2) is 4.68 Å². The first-order chi connectivity index (χ1) is 12.7. The second-order valence-corrected chi connectivity index (χ2v) is 5.89. The van der Waals surface area contributed by atoms with Gasteiger partial charge in [0, 0.05) is 5.39 Å². The molecule has 2 heterocycles. The number of benzene rings is 2. The van der Waals surface area contributed by atoms with Crippen molar-refractivity contribution in [2.45, 2.75) is 19.9 Å². The average Bonchev–Trinajstić information content (AvgIpc) is 3.20. The van der Waals surface area contributed by atoms with Crippen molar-refractivity contribution < 1.29 is 9.90 Å². The number of carbonyl (C=O) groups is 1. The molecule has 26 heavy (non-hydrogen) atoms. The van der Waals surface area contributed by atoms with Crippen LogP contribution in [-0.4, -0.2) is 31.0 Å². The molecule has 2 N–H and O–H groups in total. The Morgan fingerprint density at radius 1 is 1.27 bits per heavy atom. The SMILES string of the molecule is CCc1ccc2[nH]c(O)c(N=NC(=O)Cn3nnc4ccccc43)c2c1. The molecule has 8 heteroatoms. The van der Waals surface area contributed by atoms with Crippen LogP contribution in [0.15, 0.2) is 52.7 Å². The Bertz CT molecular complexity index is 1140. The van der Waals surface area contributed by atoms with Crippen LogP contribution < -0.4 is 0 Å². The van der Waals surface area contributed by atoms with Crippen molar-refractivity contribution in [2.75, 3.05) is 0 Å². The molecule has 0 saturated carbocycles. The third-order valence-corrected chi connectivity index (χ3v) is 4.19. The molecule has 0 atom stereocenters. The largest absolute Gasteiger partial charge is 0.493 e. The zero-order valence-electron chi connectivity index (χ0n) is 14.0. The molecule has 0 aliphatic heterocycles. The normalized spacial score (nSPS) is 11.7. The summed E-state index contributed by atoms with van der Waals surface area (Å²) in [6, 6.07) is 13.1. The highest BCUT2D eigenvalue weighted by Crippen LogP contribution is 2.36. The van der Waals surface area contributed by atoms with Crippen LogP contribution in [0.2, 0.25) is 0 Å². The molecule has 0 fully saturated rings. The van der Waals surface area contributed by atoms with Crippen LogP contribution in [0, 0.1) is 0 Å². The number of aromatic nitrogens is 4. The number of aryl methyl sites for hydroxylation is 1. The van der Waals surface area contributed by atoms with E-state index in [1.807, 2.05) is 49.4 Å². The van der Waals surface area contributed by atoms with Crippen LogP contribution in [-0.2, 0) is 17.8 Å². The van der Waals surface area contributed by atoms with Crippen molar-refractivity contribution in [1.29, 1.82) is 0 Å². The maximum atomic E-state index is 12.2. The number of nitrogens with zero attached hydrogens (tertiary/aromatic N) is 5. The smallest absolute Gasteiger partial charge is 0.286 e. The van der Waals surface area contributed by atoms with Gasteiger partial charge < -0.3 is 10.1 Å². The fraction of sp³-hybridized carbons (Fsp3) is 0.167. The Balaban J connectivity index is 1.60. The van der Waals surface area contributed by atoms with Crippen molar-refractivity contribution in [3.8, 4) is 5.88 Å². The van der Waals surface area contributed by atoms with E-state index in [2.05, 4.69) is 25.5 Å². The van der Waals surface area contributed by atoms with Crippen molar-refractivity contribution in [3.05, 3.63) is 48.0 Å². The minimum atomic E-state index is -0.485. The molecule has 8 nitrogen and oxygen atoms in total. The Morgan fingerprint density at radius 2 is 2.12 bits per heavy atom. The lowest BCUT2D eigenvalue weighted by atomic mass is 10.1. The van der Waals surface area contributed by atoms with Crippen LogP contribution in [0.25, 0.3) is 21.9 Å². The molecule has 0 aliphatic rings. The molecule has 0 unspecified atom stereocenters. The number of nitrogens with one attached hydrogen (secondary N) is 1. The number of carbonyl (C=O) groups excluding carboxylic acids is 1. The number of hydrogen-bond donors (Lipinski definition) is 2. The zero-order valence-corrected chi connectivity index (χ0v) is 14.0. The molecule has 1 amide bonds. The summed E-state index contributed by atoms with van der Waals surface area (Å²) in [5.74, 6) is -0.600. The van der Waals surface area contributed by atoms with Gasteiger partial charge in [-0.15, -0.1) is 15.3 Å². The number of H-pyrrole nitrogens is 1. The molecule has 130 valence electrons. The highest BCUT2D eigenvalue weighted by Gasteiger charge is 2.12. The van der Waals surface area contributed by atoms with E-state index in [0.29, 0.717) is 5.52 Å². The molecular weight excluding hydrogens is 332 g/mol. The van der Waals surface area contributed by atoms with Gasteiger partial charge in [0.15, 0.2) is 5.69 Å². The van der Waals surface area contributed by atoms with Crippen molar-refractivity contribution in [2.24, 2.45) is 10.2 Å². The number of hydrogen-bond acceptors (Lipinski definition) is 5. The lowest BCUT2D eigenvalue weighted by Gasteiger charge is -1.98. The molecular formula is C18H16N6O2. The first-order valence-electron chi connectivity index (χ1n) is 8.22. The number of amides is 1. The molecule has 0 aliphatic carbocycles.